The highest BCUT2D eigenvalue weighted by molar-refractivity contribution is 7.12. The normalized spacial score (nSPS) is 13.6. The minimum Gasteiger partial charge on any atom is -0.389 e. The number of thiophene rings is 1. The molecule has 0 aliphatic rings. The van der Waals surface area contributed by atoms with Gasteiger partial charge in [-0.25, -0.2) is 0 Å². The number of aryl methyl sites for hydroxylation is 1. The van der Waals surface area contributed by atoms with Gasteiger partial charge in [0, 0.05) is 6.54 Å². The number of rotatable bonds is 7. The lowest BCUT2D eigenvalue weighted by molar-refractivity contribution is -0.00170. The van der Waals surface area contributed by atoms with Gasteiger partial charge in [-0.15, -0.1) is 11.3 Å². The maximum Gasteiger partial charge on any atom is 0.261 e. The van der Waals surface area contributed by atoms with Crippen LogP contribution in [0.25, 0.3) is 0 Å². The molecular weight excluding hydrogens is 298 g/mol. The Kier molecular flexibility index (Phi) is 6.12. The molecule has 1 aromatic carbocycles. The molecule has 0 saturated heterocycles. The topological polar surface area (TPSA) is 58.6 Å². The summed E-state index contributed by atoms with van der Waals surface area (Å²) in [5.74, 6) is -0.150. The Balaban J connectivity index is 1.73. The molecule has 2 N–H and O–H groups in total. The van der Waals surface area contributed by atoms with Crippen LogP contribution in [0.3, 0.4) is 0 Å². The first-order chi connectivity index (χ1) is 10.6. The SMILES string of the molecule is Cc1ccsc1C(=O)NC[C@@H](O)CO[C@H](C)c1ccccc1. The van der Waals surface area contributed by atoms with Crippen LogP contribution in [0.4, 0.5) is 0 Å². The summed E-state index contributed by atoms with van der Waals surface area (Å²) >= 11 is 1.40. The maximum absolute atomic E-state index is 11.9. The van der Waals surface area contributed by atoms with E-state index in [4.69, 9.17) is 4.74 Å². The van der Waals surface area contributed by atoms with Gasteiger partial charge in [0.2, 0.25) is 0 Å². The van der Waals surface area contributed by atoms with Crippen LogP contribution in [-0.2, 0) is 4.74 Å². The quantitative estimate of drug-likeness (QED) is 0.825. The third-order valence-corrected chi connectivity index (χ3v) is 4.39. The number of aliphatic hydroxyl groups is 1. The molecule has 0 fully saturated rings. The summed E-state index contributed by atoms with van der Waals surface area (Å²) in [6.45, 7) is 4.19. The number of amides is 1. The van der Waals surface area contributed by atoms with Crippen molar-refractivity contribution in [3.05, 3.63) is 57.8 Å². The molecular formula is C17H21NO3S. The Bertz CT molecular complexity index is 597. The second-order valence-electron chi connectivity index (χ2n) is 5.18. The van der Waals surface area contributed by atoms with E-state index in [-0.39, 0.29) is 25.2 Å². The van der Waals surface area contributed by atoms with Crippen molar-refractivity contribution in [2.24, 2.45) is 0 Å². The van der Waals surface area contributed by atoms with Crippen molar-refractivity contribution in [3.8, 4) is 0 Å². The van der Waals surface area contributed by atoms with Gasteiger partial charge in [0.05, 0.1) is 23.7 Å². The molecule has 2 rings (SSSR count). The van der Waals surface area contributed by atoms with Gasteiger partial charge >= 0.3 is 0 Å². The summed E-state index contributed by atoms with van der Waals surface area (Å²) < 4.78 is 5.64. The number of hydrogen-bond acceptors (Lipinski definition) is 4. The van der Waals surface area contributed by atoms with Crippen LogP contribution >= 0.6 is 11.3 Å². The number of ether oxygens (including phenoxy) is 1. The van der Waals surface area contributed by atoms with Gasteiger partial charge in [0.25, 0.3) is 5.91 Å². The molecule has 1 aromatic heterocycles. The summed E-state index contributed by atoms with van der Waals surface area (Å²) in [6, 6.07) is 11.7. The molecule has 22 heavy (non-hydrogen) atoms. The monoisotopic (exact) mass is 319 g/mol. The van der Waals surface area contributed by atoms with Gasteiger partial charge in [-0.3, -0.25) is 4.79 Å². The molecule has 118 valence electrons. The van der Waals surface area contributed by atoms with Crippen molar-refractivity contribution in [2.45, 2.75) is 26.1 Å². The molecule has 0 saturated carbocycles. The molecule has 0 unspecified atom stereocenters. The fraction of sp³-hybridized carbons (Fsp3) is 0.353. The highest BCUT2D eigenvalue weighted by Crippen LogP contribution is 2.16. The summed E-state index contributed by atoms with van der Waals surface area (Å²) in [4.78, 5) is 12.6. The van der Waals surface area contributed by atoms with Crippen LogP contribution in [0, 0.1) is 6.92 Å². The molecule has 1 heterocycles. The molecule has 0 radical (unpaired) electrons. The third-order valence-electron chi connectivity index (χ3n) is 3.37. The number of hydrogen-bond donors (Lipinski definition) is 2. The average Bonchev–Trinajstić information content (AvgIpc) is 2.97. The highest BCUT2D eigenvalue weighted by atomic mass is 32.1. The van der Waals surface area contributed by atoms with Gasteiger partial charge in [0.15, 0.2) is 0 Å². The molecule has 0 aliphatic heterocycles. The fourth-order valence-electron chi connectivity index (χ4n) is 2.03. The number of carbonyl (C=O) groups is 1. The van der Waals surface area contributed by atoms with Crippen LogP contribution in [0.2, 0.25) is 0 Å². The minimum absolute atomic E-state index is 0.0916. The molecule has 1 amide bonds. The van der Waals surface area contributed by atoms with Crippen molar-refractivity contribution in [2.75, 3.05) is 13.2 Å². The predicted molar refractivity (Wildman–Crippen MR) is 88.2 cm³/mol. The zero-order valence-corrected chi connectivity index (χ0v) is 13.6. The molecule has 2 aromatic rings. The molecule has 0 aliphatic carbocycles. The largest absolute Gasteiger partial charge is 0.389 e. The van der Waals surface area contributed by atoms with Crippen molar-refractivity contribution >= 4 is 17.2 Å². The maximum atomic E-state index is 11.9. The van der Waals surface area contributed by atoms with Gasteiger partial charge in [-0.2, -0.15) is 0 Å². The lowest BCUT2D eigenvalue weighted by Gasteiger charge is -2.17. The smallest absolute Gasteiger partial charge is 0.261 e. The molecule has 2 atom stereocenters. The van der Waals surface area contributed by atoms with Gasteiger partial charge < -0.3 is 15.2 Å². The standard InChI is InChI=1S/C17H21NO3S/c1-12-8-9-22-16(12)17(20)18-10-15(19)11-21-13(2)14-6-4-3-5-7-14/h3-9,13,15,19H,10-11H2,1-2H3,(H,18,20)/t13-,15-/m1/s1. The summed E-state index contributed by atoms with van der Waals surface area (Å²) in [5, 5.41) is 14.5. The fourth-order valence-corrected chi connectivity index (χ4v) is 2.87. The Morgan fingerprint density at radius 2 is 2.05 bits per heavy atom. The van der Waals surface area contributed by atoms with Crippen molar-refractivity contribution in [1.82, 2.24) is 5.32 Å². The van der Waals surface area contributed by atoms with E-state index in [1.807, 2.05) is 55.6 Å². The minimum atomic E-state index is -0.726. The van der Waals surface area contributed by atoms with Crippen molar-refractivity contribution < 1.29 is 14.6 Å². The van der Waals surface area contributed by atoms with Crippen LogP contribution in [0.15, 0.2) is 41.8 Å². The van der Waals surface area contributed by atoms with E-state index in [1.165, 1.54) is 11.3 Å². The van der Waals surface area contributed by atoms with Gasteiger partial charge in [-0.05, 0) is 36.4 Å². The Morgan fingerprint density at radius 3 is 2.68 bits per heavy atom. The highest BCUT2D eigenvalue weighted by Gasteiger charge is 2.13. The molecule has 5 heteroatoms. The number of carbonyl (C=O) groups excluding carboxylic acids is 1. The lowest BCUT2D eigenvalue weighted by atomic mass is 10.1. The zero-order valence-electron chi connectivity index (χ0n) is 12.8. The second kappa shape index (κ2) is 8.08. The summed E-state index contributed by atoms with van der Waals surface area (Å²) in [5.41, 5.74) is 2.01. The summed E-state index contributed by atoms with van der Waals surface area (Å²) in [7, 11) is 0. The van der Waals surface area contributed by atoms with E-state index in [0.717, 1.165) is 11.1 Å². The van der Waals surface area contributed by atoms with Crippen molar-refractivity contribution in [1.29, 1.82) is 0 Å². The summed E-state index contributed by atoms with van der Waals surface area (Å²) in [6.07, 6.45) is -0.818. The van der Waals surface area contributed by atoms with Crippen molar-refractivity contribution in [3.63, 3.8) is 0 Å². The van der Waals surface area contributed by atoms with Crippen LogP contribution in [-0.4, -0.2) is 30.3 Å². The van der Waals surface area contributed by atoms with E-state index < -0.39 is 6.10 Å². The first kappa shape index (κ1) is 16.7. The average molecular weight is 319 g/mol. The molecule has 0 spiro atoms. The van der Waals surface area contributed by atoms with Gasteiger partial charge in [-0.1, -0.05) is 30.3 Å². The van der Waals surface area contributed by atoms with E-state index >= 15 is 0 Å². The van der Waals surface area contributed by atoms with E-state index in [2.05, 4.69) is 5.32 Å². The first-order valence-corrected chi connectivity index (χ1v) is 8.12. The first-order valence-electron chi connectivity index (χ1n) is 7.25. The third kappa shape index (κ3) is 4.66. The van der Waals surface area contributed by atoms with E-state index in [9.17, 15) is 9.90 Å². The second-order valence-corrected chi connectivity index (χ2v) is 6.10. The Hall–Kier alpha value is -1.69. The number of benzene rings is 1. The number of aliphatic hydroxyl groups excluding tert-OH is 1. The lowest BCUT2D eigenvalue weighted by Crippen LogP contribution is -2.34. The predicted octanol–water partition coefficient (Wildman–Crippen LogP) is 2.93. The zero-order chi connectivity index (χ0) is 15.9. The van der Waals surface area contributed by atoms with E-state index in [1.54, 1.807) is 0 Å². The van der Waals surface area contributed by atoms with E-state index in [0.29, 0.717) is 4.88 Å². The van der Waals surface area contributed by atoms with Crippen LogP contribution < -0.4 is 5.32 Å². The molecule has 0 bridgehead atoms. The Morgan fingerprint density at radius 1 is 1.32 bits per heavy atom. The van der Waals surface area contributed by atoms with Crippen LogP contribution in [0.1, 0.15) is 33.8 Å². The van der Waals surface area contributed by atoms with Crippen LogP contribution in [0.5, 0.6) is 0 Å². The number of nitrogens with one attached hydrogen (secondary N) is 1. The van der Waals surface area contributed by atoms with Gasteiger partial charge in [0.1, 0.15) is 0 Å². The Labute approximate surface area is 134 Å². The molecule has 4 nitrogen and oxygen atoms in total.